The lowest BCUT2D eigenvalue weighted by molar-refractivity contribution is 0.469. The lowest BCUT2D eigenvalue weighted by atomic mass is 9.98. The predicted molar refractivity (Wildman–Crippen MR) is 128 cm³/mol. The number of benzene rings is 1. The third-order valence-electron chi connectivity index (χ3n) is 6.43. The first-order valence-electron chi connectivity index (χ1n) is 11.4. The number of anilines is 1. The summed E-state index contributed by atoms with van der Waals surface area (Å²) in [7, 11) is 0. The minimum Gasteiger partial charge on any atom is -0.506 e. The molecule has 1 unspecified atom stereocenters. The number of piperazine rings is 1. The molecule has 172 valence electrons. The molecule has 5 rings (SSSR count). The molecule has 0 aliphatic carbocycles. The number of nitrogens with one attached hydrogen (secondary N) is 1. The zero-order valence-electron chi connectivity index (χ0n) is 18.9. The molecule has 0 amide bonds. The van der Waals surface area contributed by atoms with Crippen molar-refractivity contribution in [1.82, 2.24) is 19.9 Å². The average Bonchev–Trinajstić information content (AvgIpc) is 3.19. The van der Waals surface area contributed by atoms with Crippen LogP contribution in [0.1, 0.15) is 23.6 Å². The fraction of sp³-hybridized carbons (Fsp3) is 0.269. The van der Waals surface area contributed by atoms with E-state index in [9.17, 15) is 14.8 Å². The lowest BCUT2D eigenvalue weighted by Gasteiger charge is -2.39. The smallest absolute Gasteiger partial charge is 0.251 e. The molecule has 3 aromatic heterocycles. The summed E-state index contributed by atoms with van der Waals surface area (Å²) in [5.74, 6) is -0.937. The molecule has 1 atom stereocenters. The molecule has 1 saturated heterocycles. The van der Waals surface area contributed by atoms with Gasteiger partial charge in [0.15, 0.2) is 0 Å². The normalized spacial score (nSPS) is 16.0. The van der Waals surface area contributed by atoms with Gasteiger partial charge in [0.1, 0.15) is 17.4 Å². The molecule has 0 saturated carbocycles. The van der Waals surface area contributed by atoms with E-state index in [2.05, 4.69) is 51.5 Å². The molecule has 4 aromatic rings. The van der Waals surface area contributed by atoms with Crippen LogP contribution in [0.4, 0.5) is 10.1 Å². The van der Waals surface area contributed by atoms with E-state index in [0.29, 0.717) is 16.6 Å². The van der Waals surface area contributed by atoms with E-state index >= 15 is 0 Å². The Morgan fingerprint density at radius 1 is 1.21 bits per heavy atom. The van der Waals surface area contributed by atoms with Gasteiger partial charge in [0.05, 0.1) is 11.7 Å². The molecule has 34 heavy (non-hydrogen) atoms. The minimum atomic E-state index is -0.865. The molecule has 1 aliphatic heterocycles. The van der Waals surface area contributed by atoms with E-state index in [1.807, 2.05) is 12.1 Å². The predicted octanol–water partition coefficient (Wildman–Crippen LogP) is 3.70. The number of aromatic nitrogens is 3. The maximum Gasteiger partial charge on any atom is 0.251 e. The molecule has 1 aromatic carbocycles. The van der Waals surface area contributed by atoms with Gasteiger partial charge in [0, 0.05) is 54.9 Å². The Hall–Kier alpha value is -3.96. The Balaban J connectivity index is 1.59. The molecule has 0 bridgehead atoms. The van der Waals surface area contributed by atoms with Crippen molar-refractivity contribution in [2.45, 2.75) is 25.8 Å². The number of nitriles is 1. The van der Waals surface area contributed by atoms with Crippen LogP contribution in [0.5, 0.6) is 5.75 Å². The van der Waals surface area contributed by atoms with Gasteiger partial charge < -0.3 is 15.3 Å². The van der Waals surface area contributed by atoms with Gasteiger partial charge in [-0.1, -0.05) is 31.2 Å². The van der Waals surface area contributed by atoms with E-state index in [0.717, 1.165) is 38.2 Å². The summed E-state index contributed by atoms with van der Waals surface area (Å²) in [6.07, 6.45) is 6.60. The monoisotopic (exact) mass is 456 g/mol. The fourth-order valence-corrected chi connectivity index (χ4v) is 4.73. The van der Waals surface area contributed by atoms with Crippen LogP contribution in [0.15, 0.2) is 55.0 Å². The number of aromatic hydroxyl groups is 1. The standard InChI is InChI=1S/C26H25FN6O/c1-2-17-3-5-18(6-4-17)11-19-14-30-9-10-32(19)24-7-8-29-15-23(24)21-12-20(34)16-33-25(21)22(13-28)26(27)31-33/h3-8,12,15-16,19,30,34H,2,9-11,14H2,1H3. The second-order valence-corrected chi connectivity index (χ2v) is 8.50. The van der Waals surface area contributed by atoms with Crippen molar-refractivity contribution < 1.29 is 9.50 Å². The van der Waals surface area contributed by atoms with Crippen molar-refractivity contribution in [2.75, 3.05) is 24.5 Å². The first-order chi connectivity index (χ1) is 16.6. The van der Waals surface area contributed by atoms with Crippen LogP contribution >= 0.6 is 0 Å². The van der Waals surface area contributed by atoms with Crippen LogP contribution in [-0.4, -0.2) is 45.4 Å². The van der Waals surface area contributed by atoms with Gasteiger partial charge in [-0.2, -0.15) is 9.65 Å². The highest BCUT2D eigenvalue weighted by Gasteiger charge is 2.27. The Bertz CT molecular complexity index is 1370. The second-order valence-electron chi connectivity index (χ2n) is 8.50. The zero-order chi connectivity index (χ0) is 23.7. The van der Waals surface area contributed by atoms with E-state index in [1.54, 1.807) is 18.5 Å². The van der Waals surface area contributed by atoms with Crippen LogP contribution in [0.2, 0.25) is 0 Å². The average molecular weight is 457 g/mol. The van der Waals surface area contributed by atoms with Crippen molar-refractivity contribution in [3.8, 4) is 22.9 Å². The molecule has 1 aliphatic rings. The van der Waals surface area contributed by atoms with Crippen LogP contribution in [0.3, 0.4) is 0 Å². The molecule has 0 spiro atoms. The summed E-state index contributed by atoms with van der Waals surface area (Å²) in [5.41, 5.74) is 4.88. The molecule has 4 heterocycles. The zero-order valence-corrected chi connectivity index (χ0v) is 18.9. The SMILES string of the molecule is CCc1ccc(CC2CNCCN2c2ccncc2-c2cc(O)cn3nc(F)c(C#N)c23)cc1. The number of hydrogen-bond acceptors (Lipinski definition) is 6. The van der Waals surface area contributed by atoms with Gasteiger partial charge in [0.2, 0.25) is 0 Å². The summed E-state index contributed by atoms with van der Waals surface area (Å²) in [6, 6.07) is 14.3. The van der Waals surface area contributed by atoms with Crippen molar-refractivity contribution in [3.63, 3.8) is 0 Å². The Labute approximate surface area is 197 Å². The van der Waals surface area contributed by atoms with Crippen LogP contribution < -0.4 is 10.2 Å². The summed E-state index contributed by atoms with van der Waals surface area (Å²) in [5, 5.41) is 27.2. The van der Waals surface area contributed by atoms with E-state index in [1.165, 1.54) is 21.8 Å². The summed E-state index contributed by atoms with van der Waals surface area (Å²) in [4.78, 5) is 6.65. The summed E-state index contributed by atoms with van der Waals surface area (Å²) < 4.78 is 15.6. The number of halogens is 1. The number of fused-ring (bicyclic) bond motifs is 1. The van der Waals surface area contributed by atoms with Gasteiger partial charge in [0.25, 0.3) is 5.95 Å². The molecule has 1 fully saturated rings. The quantitative estimate of drug-likeness (QED) is 0.476. The second kappa shape index (κ2) is 9.12. The van der Waals surface area contributed by atoms with Crippen LogP contribution in [0.25, 0.3) is 16.6 Å². The topological polar surface area (TPSA) is 89.5 Å². The highest BCUT2D eigenvalue weighted by molar-refractivity contribution is 5.91. The molecule has 0 radical (unpaired) electrons. The van der Waals surface area contributed by atoms with Gasteiger partial charge in [-0.25, -0.2) is 4.52 Å². The maximum atomic E-state index is 14.4. The number of hydrogen-bond donors (Lipinski definition) is 2. The van der Waals surface area contributed by atoms with Gasteiger partial charge in [-0.05, 0) is 36.1 Å². The molecule has 7 nitrogen and oxygen atoms in total. The van der Waals surface area contributed by atoms with Crippen molar-refractivity contribution in [1.29, 1.82) is 5.26 Å². The molecule has 2 N–H and O–H groups in total. The van der Waals surface area contributed by atoms with Gasteiger partial charge in [-0.3, -0.25) is 4.98 Å². The first kappa shape index (κ1) is 21.9. The Morgan fingerprint density at radius 2 is 2.00 bits per heavy atom. The summed E-state index contributed by atoms with van der Waals surface area (Å²) in [6.45, 7) is 4.57. The Kier molecular flexibility index (Phi) is 5.86. The van der Waals surface area contributed by atoms with Gasteiger partial charge >= 0.3 is 0 Å². The largest absolute Gasteiger partial charge is 0.506 e. The van der Waals surface area contributed by atoms with Crippen molar-refractivity contribution in [2.24, 2.45) is 0 Å². The third kappa shape index (κ3) is 3.95. The van der Waals surface area contributed by atoms with E-state index in [4.69, 9.17) is 0 Å². The van der Waals surface area contributed by atoms with Crippen molar-refractivity contribution >= 4 is 11.2 Å². The lowest BCUT2D eigenvalue weighted by Crippen LogP contribution is -2.52. The number of pyridine rings is 2. The molecule has 8 heteroatoms. The van der Waals surface area contributed by atoms with Crippen molar-refractivity contribution in [3.05, 3.63) is 77.6 Å². The number of rotatable bonds is 5. The molecular weight excluding hydrogens is 431 g/mol. The van der Waals surface area contributed by atoms with Gasteiger partial charge in [-0.15, -0.1) is 5.10 Å². The third-order valence-corrected chi connectivity index (χ3v) is 6.43. The van der Waals surface area contributed by atoms with Crippen LogP contribution in [0, 0.1) is 17.3 Å². The minimum absolute atomic E-state index is 0.0721. The summed E-state index contributed by atoms with van der Waals surface area (Å²) >= 11 is 0. The highest BCUT2D eigenvalue weighted by atomic mass is 19.1. The molecular formula is C26H25FN6O. The highest BCUT2D eigenvalue weighted by Crippen LogP contribution is 2.37. The van der Waals surface area contributed by atoms with E-state index in [-0.39, 0.29) is 17.4 Å². The maximum absolute atomic E-state index is 14.4. The Morgan fingerprint density at radius 3 is 2.76 bits per heavy atom. The first-order valence-corrected chi connectivity index (χ1v) is 11.4. The number of aryl methyl sites for hydroxylation is 1. The van der Waals surface area contributed by atoms with Crippen LogP contribution in [-0.2, 0) is 12.8 Å². The van der Waals surface area contributed by atoms with E-state index < -0.39 is 5.95 Å². The number of nitrogens with zero attached hydrogens (tertiary/aromatic N) is 5. The fourth-order valence-electron chi connectivity index (χ4n) is 4.73.